The fourth-order valence-corrected chi connectivity index (χ4v) is 3.04. The Kier molecular flexibility index (Phi) is 4.48. The van der Waals surface area contributed by atoms with Crippen LogP contribution in [0.15, 0.2) is 47.6 Å². The van der Waals surface area contributed by atoms with Crippen LogP contribution in [0.4, 0.5) is 0 Å². The van der Waals surface area contributed by atoms with Crippen molar-refractivity contribution < 1.29 is 4.79 Å². The Morgan fingerprint density at radius 2 is 2.00 bits per heavy atom. The molecule has 0 atom stereocenters. The van der Waals surface area contributed by atoms with Crippen molar-refractivity contribution in [2.45, 2.75) is 18.0 Å². The lowest BCUT2D eigenvalue weighted by Gasteiger charge is -2.03. The fraction of sp³-hybridized carbons (Fsp3) is 0.250. The van der Waals surface area contributed by atoms with Crippen molar-refractivity contribution >= 4 is 28.3 Å². The molecule has 0 aliphatic rings. The molecule has 0 N–H and O–H groups in total. The molecule has 1 aromatic heterocycles. The zero-order valence-electron chi connectivity index (χ0n) is 12.3. The van der Waals surface area contributed by atoms with Gasteiger partial charge in [0.25, 0.3) is 0 Å². The fourth-order valence-electron chi connectivity index (χ4n) is 2.25. The lowest BCUT2D eigenvalue weighted by molar-refractivity contribution is 0.0982. The molecule has 0 amide bonds. The molecule has 2 aromatic carbocycles. The minimum Gasteiger partial charge on any atom is -0.294 e. The van der Waals surface area contributed by atoms with Gasteiger partial charge in [0.05, 0.1) is 0 Å². The second-order valence-corrected chi connectivity index (χ2v) is 6.08. The number of hydrogen-bond acceptors (Lipinski definition) is 5. The number of rotatable bonds is 6. The van der Waals surface area contributed by atoms with E-state index >= 15 is 0 Å². The Hall–Kier alpha value is -2.21. The van der Waals surface area contributed by atoms with Gasteiger partial charge in [0.15, 0.2) is 5.78 Å². The first-order valence-corrected chi connectivity index (χ1v) is 8.10. The van der Waals surface area contributed by atoms with Crippen molar-refractivity contribution in [3.05, 3.63) is 48.0 Å². The van der Waals surface area contributed by atoms with E-state index in [1.54, 1.807) is 16.4 Å². The largest absolute Gasteiger partial charge is 0.294 e. The Balaban J connectivity index is 1.55. The third-order valence-corrected chi connectivity index (χ3v) is 4.53. The van der Waals surface area contributed by atoms with E-state index in [1.165, 1.54) is 0 Å². The Labute approximate surface area is 132 Å². The van der Waals surface area contributed by atoms with Gasteiger partial charge in [-0.15, -0.1) is 5.10 Å². The highest BCUT2D eigenvalue weighted by Crippen LogP contribution is 2.19. The van der Waals surface area contributed by atoms with Gasteiger partial charge in [0.2, 0.25) is 5.16 Å². The number of thioether (sulfide) groups is 1. The van der Waals surface area contributed by atoms with E-state index < -0.39 is 0 Å². The molecule has 0 aliphatic heterocycles. The minimum absolute atomic E-state index is 0.183. The van der Waals surface area contributed by atoms with Crippen LogP contribution in [0.2, 0.25) is 0 Å². The van der Waals surface area contributed by atoms with E-state index in [1.807, 2.05) is 43.4 Å². The average Bonchev–Trinajstić information content (AvgIpc) is 2.96. The maximum Gasteiger partial charge on any atom is 0.209 e. The summed E-state index contributed by atoms with van der Waals surface area (Å²) >= 11 is 1.57. The molecule has 22 heavy (non-hydrogen) atoms. The van der Waals surface area contributed by atoms with Crippen molar-refractivity contribution in [2.75, 3.05) is 5.75 Å². The van der Waals surface area contributed by atoms with Crippen LogP contribution >= 0.6 is 11.8 Å². The van der Waals surface area contributed by atoms with Gasteiger partial charge in [-0.1, -0.05) is 48.2 Å². The molecule has 0 unspecified atom stereocenters. The molecular weight excluding hydrogens is 296 g/mol. The van der Waals surface area contributed by atoms with Crippen molar-refractivity contribution in [3.63, 3.8) is 0 Å². The van der Waals surface area contributed by atoms with Crippen molar-refractivity contribution in [1.29, 1.82) is 0 Å². The third kappa shape index (κ3) is 3.33. The topological polar surface area (TPSA) is 60.7 Å². The van der Waals surface area contributed by atoms with E-state index in [0.29, 0.717) is 6.42 Å². The number of aromatic nitrogens is 4. The number of tetrazole rings is 1. The average molecular weight is 312 g/mol. The van der Waals surface area contributed by atoms with E-state index in [0.717, 1.165) is 33.7 Å². The van der Waals surface area contributed by atoms with Gasteiger partial charge in [-0.05, 0) is 33.7 Å². The molecule has 0 spiro atoms. The number of aryl methyl sites for hydroxylation is 1. The summed E-state index contributed by atoms with van der Waals surface area (Å²) in [5.74, 6) is 1.01. The zero-order chi connectivity index (χ0) is 15.4. The van der Waals surface area contributed by atoms with E-state index in [-0.39, 0.29) is 5.78 Å². The van der Waals surface area contributed by atoms with Crippen molar-refractivity contribution in [2.24, 2.45) is 7.05 Å². The minimum atomic E-state index is 0.183. The van der Waals surface area contributed by atoms with Gasteiger partial charge in [-0.25, -0.2) is 4.68 Å². The Morgan fingerprint density at radius 3 is 2.77 bits per heavy atom. The molecule has 5 nitrogen and oxygen atoms in total. The summed E-state index contributed by atoms with van der Waals surface area (Å²) in [4.78, 5) is 12.3. The molecule has 0 fully saturated rings. The van der Waals surface area contributed by atoms with Gasteiger partial charge < -0.3 is 0 Å². The molecule has 6 heteroatoms. The van der Waals surface area contributed by atoms with Crippen LogP contribution < -0.4 is 0 Å². The van der Waals surface area contributed by atoms with E-state index in [2.05, 4.69) is 21.6 Å². The smallest absolute Gasteiger partial charge is 0.209 e. The lowest BCUT2D eigenvalue weighted by Crippen LogP contribution is -2.00. The predicted octanol–water partition coefficient (Wildman–Crippen LogP) is 3.12. The second kappa shape index (κ2) is 6.70. The van der Waals surface area contributed by atoms with Crippen LogP contribution in [0.3, 0.4) is 0 Å². The number of fused-ring (bicyclic) bond motifs is 1. The molecular formula is C16H16N4OS. The van der Waals surface area contributed by atoms with Gasteiger partial charge in [-0.3, -0.25) is 4.79 Å². The molecule has 1 heterocycles. The van der Waals surface area contributed by atoms with Gasteiger partial charge in [-0.2, -0.15) is 0 Å². The van der Waals surface area contributed by atoms with Crippen LogP contribution in [0.5, 0.6) is 0 Å². The number of ketones is 1. The Morgan fingerprint density at radius 1 is 1.18 bits per heavy atom. The number of carbonyl (C=O) groups is 1. The first kappa shape index (κ1) is 14.7. The summed E-state index contributed by atoms with van der Waals surface area (Å²) in [7, 11) is 1.81. The van der Waals surface area contributed by atoms with Crippen LogP contribution in [0.25, 0.3) is 10.8 Å². The Bertz CT molecular complexity index is 799. The molecule has 112 valence electrons. The first-order chi connectivity index (χ1) is 10.7. The monoisotopic (exact) mass is 312 g/mol. The second-order valence-electron chi connectivity index (χ2n) is 5.02. The van der Waals surface area contributed by atoms with Crippen LogP contribution in [0, 0.1) is 0 Å². The molecule has 0 aliphatic carbocycles. The first-order valence-electron chi connectivity index (χ1n) is 7.11. The molecule has 3 rings (SSSR count). The number of carbonyl (C=O) groups excluding carboxylic acids is 1. The summed E-state index contributed by atoms with van der Waals surface area (Å²) in [6, 6.07) is 14.0. The van der Waals surface area contributed by atoms with Gasteiger partial charge >= 0.3 is 0 Å². The lowest BCUT2D eigenvalue weighted by atomic mass is 10.0. The quantitative estimate of drug-likeness (QED) is 0.397. The predicted molar refractivity (Wildman–Crippen MR) is 87.0 cm³/mol. The van der Waals surface area contributed by atoms with E-state index in [9.17, 15) is 4.79 Å². The molecule has 0 saturated heterocycles. The highest BCUT2D eigenvalue weighted by atomic mass is 32.2. The number of hydrogen-bond donors (Lipinski definition) is 0. The van der Waals surface area contributed by atoms with Crippen LogP contribution in [-0.2, 0) is 7.05 Å². The summed E-state index contributed by atoms with van der Waals surface area (Å²) in [6.07, 6.45) is 1.35. The maximum absolute atomic E-state index is 12.3. The van der Waals surface area contributed by atoms with Gasteiger partial charge in [0, 0.05) is 24.8 Å². The van der Waals surface area contributed by atoms with Crippen molar-refractivity contribution in [3.8, 4) is 0 Å². The summed E-state index contributed by atoms with van der Waals surface area (Å²) in [6.45, 7) is 0. The summed E-state index contributed by atoms with van der Waals surface area (Å²) in [5.41, 5.74) is 0.782. The van der Waals surface area contributed by atoms with Crippen LogP contribution in [-0.4, -0.2) is 31.7 Å². The summed E-state index contributed by atoms with van der Waals surface area (Å²) < 4.78 is 1.63. The highest BCUT2D eigenvalue weighted by molar-refractivity contribution is 7.99. The normalized spacial score (nSPS) is 11.0. The third-order valence-electron chi connectivity index (χ3n) is 3.43. The zero-order valence-corrected chi connectivity index (χ0v) is 13.1. The van der Waals surface area contributed by atoms with Gasteiger partial charge in [0.1, 0.15) is 0 Å². The molecule has 0 saturated carbocycles. The molecule has 3 aromatic rings. The summed E-state index contributed by atoms with van der Waals surface area (Å²) in [5, 5.41) is 14.3. The molecule has 0 radical (unpaired) electrons. The molecule has 0 bridgehead atoms. The number of benzene rings is 2. The highest BCUT2D eigenvalue weighted by Gasteiger charge is 2.08. The maximum atomic E-state index is 12.3. The van der Waals surface area contributed by atoms with Crippen LogP contribution in [0.1, 0.15) is 23.2 Å². The van der Waals surface area contributed by atoms with E-state index in [4.69, 9.17) is 0 Å². The number of nitrogens with zero attached hydrogens (tertiary/aromatic N) is 4. The SMILES string of the molecule is Cn1nnnc1SCCCC(=O)c1ccc2ccccc2c1. The van der Waals surface area contributed by atoms with Crippen molar-refractivity contribution in [1.82, 2.24) is 20.2 Å². The number of Topliss-reactive ketones (excluding diaryl/α,β-unsaturated/α-hetero) is 1. The standard InChI is InChI=1S/C16H16N4OS/c1-20-16(17-18-19-20)22-10-4-7-15(21)14-9-8-12-5-2-3-6-13(12)11-14/h2-3,5-6,8-9,11H,4,7,10H2,1H3.